The standard InChI is InChI=1S/C20H30N2O2/c1-15(12-21-13-23)6-8-17-16(2)7-9-18-19(17,3)10-5-11-20(18,4)22-14-24/h15,17-18H,2,5-12H2,1,3-4H3/t15-,17-,18+,19+,20-/m0/s1. The van der Waals surface area contributed by atoms with Gasteiger partial charge < -0.3 is 0 Å². The topological polar surface area (TPSA) is 58.9 Å². The molecule has 4 heteroatoms. The average molecular weight is 330 g/mol. The summed E-state index contributed by atoms with van der Waals surface area (Å²) in [5, 5.41) is 0. The number of nitrogens with zero attached hydrogens (tertiary/aromatic N) is 2. The minimum atomic E-state index is -0.277. The molecule has 2 aliphatic carbocycles. The van der Waals surface area contributed by atoms with E-state index >= 15 is 0 Å². The van der Waals surface area contributed by atoms with Crippen LogP contribution in [0, 0.1) is 23.2 Å². The van der Waals surface area contributed by atoms with Crippen molar-refractivity contribution in [3.63, 3.8) is 0 Å². The predicted octanol–water partition coefficient (Wildman–Crippen LogP) is 4.61. The van der Waals surface area contributed by atoms with E-state index in [0.717, 1.165) is 38.5 Å². The summed E-state index contributed by atoms with van der Waals surface area (Å²) in [6.45, 7) is 11.6. The highest BCUT2D eigenvalue weighted by Gasteiger charge is 2.54. The number of fused-ring (bicyclic) bond motifs is 1. The first-order valence-electron chi connectivity index (χ1n) is 9.17. The molecule has 132 valence electrons. The van der Waals surface area contributed by atoms with Crippen molar-refractivity contribution < 1.29 is 9.59 Å². The van der Waals surface area contributed by atoms with E-state index in [4.69, 9.17) is 0 Å². The van der Waals surface area contributed by atoms with Crippen LogP contribution in [-0.2, 0) is 9.59 Å². The number of rotatable bonds is 6. The molecule has 0 spiro atoms. The predicted molar refractivity (Wildman–Crippen MR) is 95.2 cm³/mol. The summed E-state index contributed by atoms with van der Waals surface area (Å²) >= 11 is 0. The van der Waals surface area contributed by atoms with E-state index in [9.17, 15) is 9.59 Å². The molecular formula is C20H30N2O2. The lowest BCUT2D eigenvalue weighted by atomic mass is 9.49. The maximum absolute atomic E-state index is 11.0. The van der Waals surface area contributed by atoms with Crippen LogP contribution < -0.4 is 0 Å². The minimum absolute atomic E-state index is 0.149. The molecule has 24 heavy (non-hydrogen) atoms. The van der Waals surface area contributed by atoms with Gasteiger partial charge in [-0.25, -0.2) is 14.6 Å². The first-order chi connectivity index (χ1) is 11.4. The second-order valence-corrected chi connectivity index (χ2v) is 8.34. The van der Waals surface area contributed by atoms with E-state index in [0.29, 0.717) is 24.3 Å². The lowest BCUT2D eigenvalue weighted by Crippen LogP contribution is -2.53. The van der Waals surface area contributed by atoms with Crippen LogP contribution in [-0.4, -0.2) is 24.2 Å². The second-order valence-electron chi connectivity index (χ2n) is 8.34. The summed E-state index contributed by atoms with van der Waals surface area (Å²) < 4.78 is 0. The molecule has 0 aromatic heterocycles. The smallest absolute Gasteiger partial charge is 0.211 e. The Morgan fingerprint density at radius 1 is 1.29 bits per heavy atom. The monoisotopic (exact) mass is 330 g/mol. The molecule has 0 amide bonds. The number of hydrogen-bond acceptors (Lipinski definition) is 4. The molecule has 0 heterocycles. The van der Waals surface area contributed by atoms with Crippen LogP contribution in [0.4, 0.5) is 0 Å². The van der Waals surface area contributed by atoms with Crippen LogP contribution >= 0.6 is 0 Å². The lowest BCUT2D eigenvalue weighted by Gasteiger charge is -2.57. The molecule has 2 fully saturated rings. The van der Waals surface area contributed by atoms with E-state index in [1.165, 1.54) is 12.0 Å². The van der Waals surface area contributed by atoms with Crippen molar-refractivity contribution in [1.29, 1.82) is 0 Å². The first kappa shape index (κ1) is 18.8. The van der Waals surface area contributed by atoms with Crippen molar-refractivity contribution in [2.75, 3.05) is 6.54 Å². The molecule has 0 bridgehead atoms. The van der Waals surface area contributed by atoms with Crippen molar-refractivity contribution >= 4 is 12.2 Å². The number of isocyanates is 2. The van der Waals surface area contributed by atoms with Gasteiger partial charge in [-0.05, 0) is 68.6 Å². The normalized spacial score (nSPS) is 36.9. The van der Waals surface area contributed by atoms with Crippen LogP contribution in [0.2, 0.25) is 0 Å². The van der Waals surface area contributed by atoms with Crippen LogP contribution in [0.3, 0.4) is 0 Å². The zero-order valence-corrected chi connectivity index (χ0v) is 15.3. The third-order valence-electron chi connectivity index (χ3n) is 6.70. The fraction of sp³-hybridized carbons (Fsp3) is 0.800. The van der Waals surface area contributed by atoms with Gasteiger partial charge in [0.2, 0.25) is 12.2 Å². The molecule has 0 N–H and O–H groups in total. The summed E-state index contributed by atoms with van der Waals surface area (Å²) in [7, 11) is 0. The zero-order valence-electron chi connectivity index (χ0n) is 15.3. The van der Waals surface area contributed by atoms with E-state index in [-0.39, 0.29) is 11.0 Å². The van der Waals surface area contributed by atoms with E-state index in [2.05, 4.69) is 37.3 Å². The molecule has 0 aromatic rings. The summed E-state index contributed by atoms with van der Waals surface area (Å²) in [6, 6.07) is 0. The van der Waals surface area contributed by atoms with Gasteiger partial charge in [0, 0.05) is 0 Å². The molecule has 2 aliphatic rings. The molecule has 2 saturated carbocycles. The van der Waals surface area contributed by atoms with Gasteiger partial charge >= 0.3 is 0 Å². The highest BCUT2D eigenvalue weighted by molar-refractivity contribution is 5.36. The quantitative estimate of drug-likeness (QED) is 0.406. The van der Waals surface area contributed by atoms with E-state index < -0.39 is 0 Å². The minimum Gasteiger partial charge on any atom is -0.211 e. The van der Waals surface area contributed by atoms with Crippen LogP contribution in [0.1, 0.15) is 65.7 Å². The van der Waals surface area contributed by atoms with Gasteiger partial charge in [0.15, 0.2) is 0 Å². The average Bonchev–Trinajstić information content (AvgIpc) is 2.52. The molecule has 0 aliphatic heterocycles. The van der Waals surface area contributed by atoms with Crippen LogP contribution in [0.5, 0.6) is 0 Å². The summed E-state index contributed by atoms with van der Waals surface area (Å²) in [5.74, 6) is 1.26. The van der Waals surface area contributed by atoms with Crippen molar-refractivity contribution in [2.45, 2.75) is 71.3 Å². The Kier molecular flexibility index (Phi) is 5.96. The number of carbonyl (C=O) groups excluding carboxylic acids is 2. The van der Waals surface area contributed by atoms with Gasteiger partial charge in [-0.15, -0.1) is 0 Å². The third-order valence-corrected chi connectivity index (χ3v) is 6.70. The molecule has 2 rings (SSSR count). The van der Waals surface area contributed by atoms with Gasteiger partial charge in [0.25, 0.3) is 0 Å². The number of hydrogen-bond donors (Lipinski definition) is 0. The first-order valence-corrected chi connectivity index (χ1v) is 9.17. The zero-order chi connectivity index (χ0) is 17.8. The lowest BCUT2D eigenvalue weighted by molar-refractivity contribution is -0.0213. The van der Waals surface area contributed by atoms with Crippen molar-refractivity contribution in [3.8, 4) is 0 Å². The van der Waals surface area contributed by atoms with Gasteiger partial charge in [0.1, 0.15) is 0 Å². The van der Waals surface area contributed by atoms with Gasteiger partial charge in [-0.1, -0.05) is 32.4 Å². The van der Waals surface area contributed by atoms with Crippen molar-refractivity contribution in [1.82, 2.24) is 0 Å². The maximum Gasteiger partial charge on any atom is 0.235 e. The Bertz CT molecular complexity index is 574. The molecule has 4 nitrogen and oxygen atoms in total. The Hall–Kier alpha value is -1.50. The second kappa shape index (κ2) is 7.59. The number of aliphatic imine (C=N–C) groups is 2. The van der Waals surface area contributed by atoms with E-state index in [1.807, 2.05) is 6.08 Å². The van der Waals surface area contributed by atoms with Crippen LogP contribution in [0.15, 0.2) is 22.1 Å². The fourth-order valence-electron chi connectivity index (χ4n) is 5.42. The Balaban J connectivity index is 2.19. The largest absolute Gasteiger partial charge is 0.235 e. The van der Waals surface area contributed by atoms with Gasteiger partial charge in [0.05, 0.1) is 12.1 Å². The van der Waals surface area contributed by atoms with E-state index in [1.54, 1.807) is 6.08 Å². The summed E-state index contributed by atoms with van der Waals surface area (Å²) in [4.78, 5) is 29.2. The molecule has 0 aromatic carbocycles. The fourth-order valence-corrected chi connectivity index (χ4v) is 5.42. The molecular weight excluding hydrogens is 300 g/mol. The van der Waals surface area contributed by atoms with Crippen molar-refractivity contribution in [2.24, 2.45) is 33.2 Å². The van der Waals surface area contributed by atoms with Crippen molar-refractivity contribution in [3.05, 3.63) is 12.2 Å². The third kappa shape index (κ3) is 3.61. The number of allylic oxidation sites excluding steroid dienone is 1. The SMILES string of the molecule is C=C1CC[C@@H]2[C@](C)(CCC[C@]2(C)N=C=O)[C@H]1CC[C@H](C)CN=C=O. The molecule has 5 atom stereocenters. The molecule has 0 saturated heterocycles. The Labute approximate surface area is 145 Å². The maximum atomic E-state index is 11.0. The molecule has 0 radical (unpaired) electrons. The highest BCUT2D eigenvalue weighted by Crippen LogP contribution is 2.60. The van der Waals surface area contributed by atoms with Gasteiger partial charge in [-0.2, -0.15) is 4.99 Å². The Morgan fingerprint density at radius 3 is 2.71 bits per heavy atom. The van der Waals surface area contributed by atoms with Gasteiger partial charge in [-0.3, -0.25) is 0 Å². The van der Waals surface area contributed by atoms with Crippen LogP contribution in [0.25, 0.3) is 0 Å². The summed E-state index contributed by atoms with van der Waals surface area (Å²) in [6.07, 6.45) is 10.9. The Morgan fingerprint density at radius 2 is 2.04 bits per heavy atom. The molecule has 0 unspecified atom stereocenters. The summed E-state index contributed by atoms with van der Waals surface area (Å²) in [5.41, 5.74) is 1.22. The highest BCUT2D eigenvalue weighted by atomic mass is 16.1.